The monoisotopic (exact) mass is 407 g/mol. The molecule has 0 aliphatic heterocycles. The summed E-state index contributed by atoms with van der Waals surface area (Å²) in [5.41, 5.74) is 1.65. The number of anilines is 1. The van der Waals surface area contributed by atoms with Crippen LogP contribution in [-0.2, 0) is 12.0 Å². The molecule has 24 heavy (non-hydrogen) atoms. The van der Waals surface area contributed by atoms with Crippen molar-refractivity contribution >= 4 is 32.4 Å². The van der Waals surface area contributed by atoms with Gasteiger partial charge in [0.1, 0.15) is 23.4 Å². The molecule has 126 valence electrons. The van der Waals surface area contributed by atoms with Crippen LogP contribution in [0, 0.1) is 0 Å². The zero-order valence-electron chi connectivity index (χ0n) is 13.6. The first kappa shape index (κ1) is 16.9. The Hall–Kier alpha value is -1.93. The zero-order valence-corrected chi connectivity index (χ0v) is 16.0. The minimum Gasteiger partial charge on any atom is -0.508 e. The molecule has 0 unspecified atom stereocenters. The van der Waals surface area contributed by atoms with Crippen LogP contribution < -0.4 is 5.32 Å². The molecule has 1 aromatic carbocycles. The van der Waals surface area contributed by atoms with E-state index in [1.54, 1.807) is 17.1 Å². The third-order valence-electron chi connectivity index (χ3n) is 3.42. The molecule has 0 aliphatic rings. The molecule has 2 N–H and O–H groups in total. The van der Waals surface area contributed by atoms with E-state index in [0.29, 0.717) is 6.54 Å². The number of phenolic OH excluding ortho intramolecular Hbond substituents is 1. The van der Waals surface area contributed by atoms with Gasteiger partial charge in [0, 0.05) is 22.0 Å². The van der Waals surface area contributed by atoms with Crippen LogP contribution in [0.1, 0.15) is 32.0 Å². The summed E-state index contributed by atoms with van der Waals surface area (Å²) >= 11 is 4.94. The Morgan fingerprint density at radius 1 is 1.33 bits per heavy atom. The molecule has 0 bridgehead atoms. The minimum atomic E-state index is -0.115. The molecule has 2 heterocycles. The van der Waals surface area contributed by atoms with E-state index in [9.17, 15) is 5.11 Å². The lowest BCUT2D eigenvalue weighted by molar-refractivity contribution is 0.469. The van der Waals surface area contributed by atoms with Gasteiger partial charge in [-0.1, -0.05) is 48.0 Å². The molecule has 0 aliphatic carbocycles. The van der Waals surface area contributed by atoms with Crippen molar-refractivity contribution in [1.82, 2.24) is 19.7 Å². The molecule has 0 saturated carbocycles. The van der Waals surface area contributed by atoms with Crippen LogP contribution in [0.3, 0.4) is 0 Å². The molecule has 3 rings (SSSR count). The first-order valence-corrected chi connectivity index (χ1v) is 9.03. The molecule has 2 aromatic heterocycles. The highest BCUT2D eigenvalue weighted by Gasteiger charge is 2.25. The average Bonchev–Trinajstić information content (AvgIpc) is 3.15. The second kappa shape index (κ2) is 6.52. The molecule has 0 saturated heterocycles. The fourth-order valence-electron chi connectivity index (χ4n) is 2.21. The molecule has 0 radical (unpaired) electrons. The maximum absolute atomic E-state index is 9.95. The van der Waals surface area contributed by atoms with E-state index in [1.807, 2.05) is 12.1 Å². The first-order valence-electron chi connectivity index (χ1n) is 7.42. The lowest BCUT2D eigenvalue weighted by atomic mass is 9.92. The number of phenols is 1. The summed E-state index contributed by atoms with van der Waals surface area (Å²) in [6.45, 7) is 6.84. The van der Waals surface area contributed by atoms with E-state index in [2.05, 4.69) is 52.1 Å². The Bertz CT molecular complexity index is 839. The third-order valence-corrected chi connectivity index (χ3v) is 4.91. The predicted octanol–water partition coefficient (Wildman–Crippen LogP) is 4.10. The molecular weight excluding hydrogens is 390 g/mol. The number of thiazole rings is 1. The van der Waals surface area contributed by atoms with Crippen LogP contribution in [0.5, 0.6) is 5.75 Å². The summed E-state index contributed by atoms with van der Waals surface area (Å²) in [5, 5.41) is 19.2. The van der Waals surface area contributed by atoms with Crippen molar-refractivity contribution in [3.63, 3.8) is 0 Å². The first-order chi connectivity index (χ1) is 11.3. The molecule has 0 fully saturated rings. The van der Waals surface area contributed by atoms with Crippen molar-refractivity contribution in [2.75, 3.05) is 5.32 Å². The van der Waals surface area contributed by atoms with E-state index < -0.39 is 0 Å². The number of benzene rings is 1. The summed E-state index contributed by atoms with van der Waals surface area (Å²) in [6, 6.07) is 5.37. The van der Waals surface area contributed by atoms with Crippen molar-refractivity contribution in [3.8, 4) is 10.8 Å². The van der Waals surface area contributed by atoms with Crippen LogP contribution >= 0.6 is 27.3 Å². The van der Waals surface area contributed by atoms with Crippen LogP contribution in [-0.4, -0.2) is 24.9 Å². The van der Waals surface area contributed by atoms with E-state index >= 15 is 0 Å². The van der Waals surface area contributed by atoms with Gasteiger partial charge in [0.15, 0.2) is 5.13 Å². The van der Waals surface area contributed by atoms with Crippen LogP contribution in [0.15, 0.2) is 35.3 Å². The molecule has 6 nitrogen and oxygen atoms in total. The van der Waals surface area contributed by atoms with Gasteiger partial charge in [0.25, 0.3) is 0 Å². The molecule has 0 amide bonds. The van der Waals surface area contributed by atoms with E-state index in [0.717, 1.165) is 25.9 Å². The van der Waals surface area contributed by atoms with Gasteiger partial charge >= 0.3 is 0 Å². The Kier molecular flexibility index (Phi) is 4.60. The second-order valence-electron chi connectivity index (χ2n) is 6.39. The fraction of sp³-hybridized carbons (Fsp3) is 0.312. The number of halogens is 1. The van der Waals surface area contributed by atoms with Crippen LogP contribution in [0.25, 0.3) is 5.00 Å². The smallest absolute Gasteiger partial charge is 0.185 e. The second-order valence-corrected chi connectivity index (χ2v) is 8.28. The van der Waals surface area contributed by atoms with Gasteiger partial charge in [0.2, 0.25) is 0 Å². The molecule has 0 atom stereocenters. The number of rotatable bonds is 4. The number of hydrogen-bond acceptors (Lipinski definition) is 6. The Labute approximate surface area is 152 Å². The number of nitrogens with one attached hydrogen (secondary N) is 1. The van der Waals surface area contributed by atoms with Crippen molar-refractivity contribution < 1.29 is 5.11 Å². The van der Waals surface area contributed by atoms with Gasteiger partial charge in [-0.05, 0) is 18.2 Å². The number of hydrogen-bond donors (Lipinski definition) is 2. The number of aromatic hydroxyl groups is 1. The maximum Gasteiger partial charge on any atom is 0.185 e. The Morgan fingerprint density at radius 2 is 2.12 bits per heavy atom. The van der Waals surface area contributed by atoms with Crippen molar-refractivity contribution in [2.45, 2.75) is 32.7 Å². The van der Waals surface area contributed by atoms with E-state index in [-0.39, 0.29) is 11.2 Å². The van der Waals surface area contributed by atoms with Gasteiger partial charge in [0.05, 0.1) is 5.69 Å². The number of aromatic nitrogens is 4. The lowest BCUT2D eigenvalue weighted by Gasteiger charge is -2.16. The van der Waals surface area contributed by atoms with E-state index in [4.69, 9.17) is 4.98 Å². The minimum absolute atomic E-state index is 0.115. The van der Waals surface area contributed by atoms with Crippen molar-refractivity contribution in [1.29, 1.82) is 0 Å². The van der Waals surface area contributed by atoms with Gasteiger partial charge in [-0.15, -0.1) is 0 Å². The summed E-state index contributed by atoms with van der Waals surface area (Å²) in [4.78, 5) is 8.75. The maximum atomic E-state index is 9.95. The van der Waals surface area contributed by atoms with Gasteiger partial charge < -0.3 is 10.4 Å². The number of nitrogens with zero attached hydrogens (tertiary/aromatic N) is 4. The summed E-state index contributed by atoms with van der Waals surface area (Å²) < 4.78 is 2.66. The van der Waals surface area contributed by atoms with Gasteiger partial charge in [-0.3, -0.25) is 0 Å². The summed E-state index contributed by atoms with van der Waals surface area (Å²) in [5.74, 6) is 0.259. The zero-order chi connectivity index (χ0) is 17.3. The van der Waals surface area contributed by atoms with E-state index in [1.165, 1.54) is 17.7 Å². The summed E-state index contributed by atoms with van der Waals surface area (Å²) in [7, 11) is 0. The average molecular weight is 408 g/mol. The standard InChI is InChI=1S/C16H18BrN5OS/c1-16(2,3)13-14(22-9-18-8-20-22)24-15(21-13)19-7-10-6-11(17)4-5-12(10)23/h4-6,8-9,23H,7H2,1-3H3,(H,19,21). The van der Waals surface area contributed by atoms with Crippen LogP contribution in [0.2, 0.25) is 0 Å². The largest absolute Gasteiger partial charge is 0.508 e. The lowest BCUT2D eigenvalue weighted by Crippen LogP contribution is -2.15. The third kappa shape index (κ3) is 3.59. The molecule has 3 aromatic rings. The molecule has 0 spiro atoms. The van der Waals surface area contributed by atoms with Crippen molar-refractivity contribution in [2.24, 2.45) is 0 Å². The summed E-state index contributed by atoms with van der Waals surface area (Å²) in [6.07, 6.45) is 3.19. The Balaban J connectivity index is 1.88. The highest BCUT2D eigenvalue weighted by atomic mass is 79.9. The predicted molar refractivity (Wildman–Crippen MR) is 98.9 cm³/mol. The van der Waals surface area contributed by atoms with Gasteiger partial charge in [-0.25, -0.2) is 14.6 Å². The topological polar surface area (TPSA) is 75.9 Å². The van der Waals surface area contributed by atoms with Crippen molar-refractivity contribution in [3.05, 3.63) is 46.6 Å². The SMILES string of the molecule is CC(C)(C)c1nc(NCc2cc(Br)ccc2O)sc1-n1cncn1. The molecule has 8 heteroatoms. The highest BCUT2D eigenvalue weighted by Crippen LogP contribution is 2.35. The Morgan fingerprint density at radius 3 is 2.79 bits per heavy atom. The normalized spacial score (nSPS) is 11.7. The van der Waals surface area contributed by atoms with Gasteiger partial charge in [-0.2, -0.15) is 5.10 Å². The fourth-order valence-corrected chi connectivity index (χ4v) is 3.72. The molecular formula is C16H18BrN5OS. The highest BCUT2D eigenvalue weighted by molar-refractivity contribution is 9.10. The quantitative estimate of drug-likeness (QED) is 0.680. The van der Waals surface area contributed by atoms with Crippen LogP contribution in [0.4, 0.5) is 5.13 Å².